The number of hydrogen-bond donors (Lipinski definition) is 2. The summed E-state index contributed by atoms with van der Waals surface area (Å²) in [5.74, 6) is 1.03. The zero-order valence-electron chi connectivity index (χ0n) is 10.5. The van der Waals surface area contributed by atoms with Gasteiger partial charge >= 0.3 is 0 Å². The molecule has 0 radical (unpaired) electrons. The van der Waals surface area contributed by atoms with Gasteiger partial charge in [0.15, 0.2) is 0 Å². The summed E-state index contributed by atoms with van der Waals surface area (Å²) < 4.78 is 0. The zero-order valence-corrected chi connectivity index (χ0v) is 10.5. The Bertz CT molecular complexity index is 520. The molecule has 3 rings (SSSR count). The van der Waals surface area contributed by atoms with E-state index in [0.717, 1.165) is 31.9 Å². The van der Waals surface area contributed by atoms with Gasteiger partial charge < -0.3 is 15.2 Å². The number of fused-ring (bicyclic) bond motifs is 1. The van der Waals surface area contributed by atoms with Gasteiger partial charge in [-0.05, 0) is 12.1 Å². The van der Waals surface area contributed by atoms with E-state index < -0.39 is 0 Å². The van der Waals surface area contributed by atoms with E-state index >= 15 is 0 Å². The van der Waals surface area contributed by atoms with E-state index in [-0.39, 0.29) is 0 Å². The monoisotopic (exact) mass is 243 g/mol. The molecular weight excluding hydrogens is 226 g/mol. The normalized spacial score (nSPS) is 14.3. The Morgan fingerprint density at radius 3 is 3.17 bits per heavy atom. The van der Waals surface area contributed by atoms with Crippen molar-refractivity contribution >= 4 is 5.82 Å². The molecule has 1 aliphatic rings. The highest BCUT2D eigenvalue weighted by atomic mass is 15.2. The van der Waals surface area contributed by atoms with E-state index in [9.17, 15) is 0 Å². The Hall–Kier alpha value is -1.88. The molecule has 0 saturated carbocycles. The standard InChI is InChI=1S/C13H17N5/c1-18(8-10-3-2-5-15-10)13-11-7-14-6-4-12(11)16-9-17-13/h2-3,5,9,14-15H,4,6-8H2,1H3. The Kier molecular flexibility index (Phi) is 2.98. The van der Waals surface area contributed by atoms with E-state index in [1.807, 2.05) is 12.3 Å². The minimum atomic E-state index is 0.830. The van der Waals surface area contributed by atoms with Crippen LogP contribution in [-0.2, 0) is 19.5 Å². The fraction of sp³-hybridized carbons (Fsp3) is 0.385. The molecule has 0 spiro atoms. The quantitative estimate of drug-likeness (QED) is 0.847. The van der Waals surface area contributed by atoms with Gasteiger partial charge in [0.2, 0.25) is 0 Å². The van der Waals surface area contributed by atoms with Crippen LogP contribution in [0.3, 0.4) is 0 Å². The molecule has 0 fully saturated rings. The highest BCUT2D eigenvalue weighted by Crippen LogP contribution is 2.22. The first-order valence-corrected chi connectivity index (χ1v) is 6.21. The molecule has 0 amide bonds. The van der Waals surface area contributed by atoms with Crippen molar-refractivity contribution in [3.8, 4) is 0 Å². The van der Waals surface area contributed by atoms with Crippen molar-refractivity contribution in [2.24, 2.45) is 0 Å². The number of nitrogens with zero attached hydrogens (tertiary/aromatic N) is 3. The lowest BCUT2D eigenvalue weighted by Gasteiger charge is -2.24. The fourth-order valence-corrected chi connectivity index (χ4v) is 2.38. The molecule has 5 heteroatoms. The van der Waals surface area contributed by atoms with Crippen molar-refractivity contribution < 1.29 is 0 Å². The Morgan fingerprint density at radius 1 is 1.39 bits per heavy atom. The van der Waals surface area contributed by atoms with E-state index in [0.29, 0.717) is 0 Å². The average molecular weight is 243 g/mol. The van der Waals surface area contributed by atoms with Gasteiger partial charge in [-0.2, -0.15) is 0 Å². The molecule has 0 unspecified atom stereocenters. The van der Waals surface area contributed by atoms with Gasteiger partial charge in [-0.1, -0.05) is 0 Å². The van der Waals surface area contributed by atoms with E-state index in [1.54, 1.807) is 6.33 Å². The molecule has 94 valence electrons. The number of aromatic amines is 1. The number of aromatic nitrogens is 3. The molecule has 5 nitrogen and oxygen atoms in total. The summed E-state index contributed by atoms with van der Waals surface area (Å²) in [5.41, 5.74) is 3.60. The van der Waals surface area contributed by atoms with Crippen molar-refractivity contribution in [2.75, 3.05) is 18.5 Å². The van der Waals surface area contributed by atoms with E-state index in [1.165, 1.54) is 17.0 Å². The molecule has 1 aliphatic heterocycles. The predicted molar refractivity (Wildman–Crippen MR) is 70.3 cm³/mol. The molecule has 2 aromatic rings. The molecule has 2 N–H and O–H groups in total. The van der Waals surface area contributed by atoms with Crippen LogP contribution in [0.25, 0.3) is 0 Å². The van der Waals surface area contributed by atoms with Crippen LogP contribution in [0.1, 0.15) is 17.0 Å². The van der Waals surface area contributed by atoms with E-state index in [2.05, 4.69) is 38.3 Å². The molecule has 0 atom stereocenters. The van der Waals surface area contributed by atoms with Crippen LogP contribution in [0.15, 0.2) is 24.7 Å². The van der Waals surface area contributed by atoms with Crippen LogP contribution >= 0.6 is 0 Å². The lowest BCUT2D eigenvalue weighted by molar-refractivity contribution is 0.622. The minimum Gasteiger partial charge on any atom is -0.364 e. The van der Waals surface area contributed by atoms with Gasteiger partial charge in [-0.3, -0.25) is 0 Å². The van der Waals surface area contributed by atoms with E-state index in [4.69, 9.17) is 0 Å². The van der Waals surface area contributed by atoms with Gasteiger partial charge in [0.05, 0.1) is 12.2 Å². The summed E-state index contributed by atoms with van der Waals surface area (Å²) in [7, 11) is 2.07. The molecule has 0 aliphatic carbocycles. The Morgan fingerprint density at radius 2 is 2.33 bits per heavy atom. The molecule has 0 saturated heterocycles. The average Bonchev–Trinajstić information content (AvgIpc) is 2.91. The smallest absolute Gasteiger partial charge is 0.136 e. The summed E-state index contributed by atoms with van der Waals surface area (Å²) in [6.07, 6.45) is 4.60. The molecule has 18 heavy (non-hydrogen) atoms. The summed E-state index contributed by atoms with van der Waals surface area (Å²) in [6.45, 7) is 2.70. The van der Waals surface area contributed by atoms with Gasteiger partial charge in [-0.15, -0.1) is 0 Å². The van der Waals surface area contributed by atoms with Crippen molar-refractivity contribution in [2.45, 2.75) is 19.5 Å². The number of H-pyrrole nitrogens is 1. The maximum Gasteiger partial charge on any atom is 0.136 e. The van der Waals surface area contributed by atoms with Crippen molar-refractivity contribution in [3.05, 3.63) is 41.6 Å². The van der Waals surface area contributed by atoms with Crippen LogP contribution in [0.4, 0.5) is 5.82 Å². The largest absolute Gasteiger partial charge is 0.364 e. The highest BCUT2D eigenvalue weighted by molar-refractivity contribution is 5.49. The SMILES string of the molecule is CN(Cc1ccc[nH]1)c1ncnc2c1CNCC2. The van der Waals surface area contributed by atoms with Crippen LogP contribution < -0.4 is 10.2 Å². The molecule has 0 aromatic carbocycles. The lowest BCUT2D eigenvalue weighted by atomic mass is 10.1. The first-order chi connectivity index (χ1) is 8.84. The second-order valence-corrected chi connectivity index (χ2v) is 4.60. The molecule has 2 aromatic heterocycles. The number of nitrogens with one attached hydrogen (secondary N) is 2. The van der Waals surface area contributed by atoms with Crippen LogP contribution in [0.2, 0.25) is 0 Å². The molecule has 0 bridgehead atoms. The first kappa shape index (κ1) is 11.2. The van der Waals surface area contributed by atoms with Crippen molar-refractivity contribution in [1.82, 2.24) is 20.3 Å². The number of hydrogen-bond acceptors (Lipinski definition) is 4. The topological polar surface area (TPSA) is 56.8 Å². The summed E-state index contributed by atoms with van der Waals surface area (Å²) in [6, 6.07) is 4.10. The van der Waals surface area contributed by atoms with Gasteiger partial charge in [0, 0.05) is 44.0 Å². The second kappa shape index (κ2) is 4.78. The Labute approximate surface area is 106 Å². The third-order valence-corrected chi connectivity index (χ3v) is 3.28. The highest BCUT2D eigenvalue weighted by Gasteiger charge is 2.17. The number of rotatable bonds is 3. The first-order valence-electron chi connectivity index (χ1n) is 6.21. The third-order valence-electron chi connectivity index (χ3n) is 3.28. The van der Waals surface area contributed by atoms with Crippen LogP contribution in [0.5, 0.6) is 0 Å². The molecule has 3 heterocycles. The van der Waals surface area contributed by atoms with Crippen molar-refractivity contribution in [1.29, 1.82) is 0 Å². The van der Waals surface area contributed by atoms with Gasteiger partial charge in [0.25, 0.3) is 0 Å². The molecular formula is C13H17N5. The van der Waals surface area contributed by atoms with Crippen LogP contribution in [0, 0.1) is 0 Å². The minimum absolute atomic E-state index is 0.830. The van der Waals surface area contributed by atoms with Gasteiger partial charge in [-0.25, -0.2) is 9.97 Å². The Balaban J connectivity index is 1.87. The zero-order chi connectivity index (χ0) is 12.4. The fourth-order valence-electron chi connectivity index (χ4n) is 2.38. The third kappa shape index (κ3) is 2.09. The van der Waals surface area contributed by atoms with Crippen LogP contribution in [-0.4, -0.2) is 28.5 Å². The van der Waals surface area contributed by atoms with Crippen molar-refractivity contribution in [3.63, 3.8) is 0 Å². The maximum absolute atomic E-state index is 4.43. The second-order valence-electron chi connectivity index (χ2n) is 4.60. The number of anilines is 1. The lowest BCUT2D eigenvalue weighted by Crippen LogP contribution is -2.29. The summed E-state index contributed by atoms with van der Waals surface area (Å²) in [4.78, 5) is 14.2. The summed E-state index contributed by atoms with van der Waals surface area (Å²) in [5, 5.41) is 3.38. The van der Waals surface area contributed by atoms with Gasteiger partial charge in [0.1, 0.15) is 12.1 Å². The summed E-state index contributed by atoms with van der Waals surface area (Å²) >= 11 is 0. The maximum atomic E-state index is 4.43. The predicted octanol–water partition coefficient (Wildman–Crippen LogP) is 1.09.